The summed E-state index contributed by atoms with van der Waals surface area (Å²) in [5, 5.41) is 16.0. The van der Waals surface area contributed by atoms with Gasteiger partial charge in [0.2, 0.25) is 11.8 Å². The van der Waals surface area contributed by atoms with Crippen LogP contribution in [-0.4, -0.2) is 142 Å². The van der Waals surface area contributed by atoms with Crippen molar-refractivity contribution in [1.29, 1.82) is 0 Å². The lowest BCUT2D eigenvalue weighted by Gasteiger charge is -2.39. The van der Waals surface area contributed by atoms with Crippen LogP contribution in [0, 0.1) is 5.92 Å². The first-order valence-corrected chi connectivity index (χ1v) is 21.8. The summed E-state index contributed by atoms with van der Waals surface area (Å²) in [5.74, 6) is 0.0340. The first-order chi connectivity index (χ1) is 29.5. The van der Waals surface area contributed by atoms with Gasteiger partial charge in [-0.1, -0.05) is 12.1 Å². The van der Waals surface area contributed by atoms with Crippen LogP contribution in [0.5, 0.6) is 0 Å². The highest BCUT2D eigenvalue weighted by Crippen LogP contribution is 2.35. The molecule has 0 radical (unpaired) electrons. The maximum atomic E-state index is 13.4. The molecule has 322 valence electrons. The number of carbonyl (C=O) groups is 5. The smallest absolute Gasteiger partial charge is 0.320 e. The summed E-state index contributed by atoms with van der Waals surface area (Å²) in [6, 6.07) is 13.0. The minimum Gasteiger partial charge on any atom is -0.373 e. The third-order valence-electron chi connectivity index (χ3n) is 13.5. The van der Waals surface area contributed by atoms with Crippen molar-refractivity contribution >= 4 is 52.7 Å². The molecule has 5 N–H and O–H groups in total. The fraction of sp³-hybridized carbons (Fsp3) is 0.523. The van der Waals surface area contributed by atoms with Gasteiger partial charge in [0.15, 0.2) is 5.82 Å². The SMILES string of the molecule is CN1CCN([C@@H]2CCCN(c3cnc(C(N)O)c(Nc4ccc(C5CCN(C[C@@H]6CCCN(c7ccc8c(c7)C(=O)N(C7CCC(=O)NC7=O)C8=O)C6)CC5)cc4)n3)C2)C1=O. The number of fused-ring (bicyclic) bond motifs is 1. The van der Waals surface area contributed by atoms with Crippen molar-refractivity contribution in [3.63, 3.8) is 0 Å². The molecule has 4 atom stereocenters. The lowest BCUT2D eigenvalue weighted by Crippen LogP contribution is -2.54. The summed E-state index contributed by atoms with van der Waals surface area (Å²) in [6.07, 6.45) is 6.74. The molecule has 9 rings (SSSR count). The van der Waals surface area contributed by atoms with Crippen LogP contribution < -0.4 is 26.2 Å². The van der Waals surface area contributed by atoms with Crippen LogP contribution in [0.3, 0.4) is 0 Å². The van der Waals surface area contributed by atoms with E-state index in [1.807, 2.05) is 30.1 Å². The van der Waals surface area contributed by atoms with Crippen LogP contribution in [0.4, 0.5) is 27.8 Å². The number of imide groups is 2. The van der Waals surface area contributed by atoms with Gasteiger partial charge in [0.05, 0.1) is 23.4 Å². The fourth-order valence-corrected chi connectivity index (χ4v) is 10.2. The lowest BCUT2D eigenvalue weighted by molar-refractivity contribution is -0.136. The zero-order valence-corrected chi connectivity index (χ0v) is 34.7. The number of likely N-dealkylation sites (N-methyl/N-ethyl adjacent to an activating group) is 1. The van der Waals surface area contributed by atoms with Gasteiger partial charge < -0.3 is 40.7 Å². The molecule has 17 heteroatoms. The molecule has 7 heterocycles. The highest BCUT2D eigenvalue weighted by Gasteiger charge is 2.45. The monoisotopic (exact) mass is 833 g/mol. The standard InChI is InChI=1S/C44H55N11O6/c1-50-20-21-54(44(50)61)32-5-3-17-53(26-32)36-23-46-38(39(45)57)40(48-36)47-30-8-6-28(7-9-30)29-14-18-51(19-15-29)24-27-4-2-16-52(25-27)31-10-11-33-34(22-31)43(60)55(42(33)59)35-12-13-37(56)49-41(35)58/h6-11,22-23,27,29,32,35,39,57H,2-5,12-21,24-26,45H2,1H3,(H,47,48)(H,49,56,58)/t27-,32+,35?,39?/m0/s1. The molecule has 2 aromatic carbocycles. The molecule has 5 saturated heterocycles. The van der Waals surface area contributed by atoms with Crippen LogP contribution in [0.25, 0.3) is 0 Å². The van der Waals surface area contributed by atoms with Crippen molar-refractivity contribution < 1.29 is 29.1 Å². The van der Waals surface area contributed by atoms with Gasteiger partial charge in [-0.25, -0.2) is 14.8 Å². The largest absolute Gasteiger partial charge is 0.373 e. The summed E-state index contributed by atoms with van der Waals surface area (Å²) in [7, 11) is 1.84. The van der Waals surface area contributed by atoms with Crippen molar-refractivity contribution in [3.8, 4) is 0 Å². The maximum Gasteiger partial charge on any atom is 0.320 e. The molecule has 61 heavy (non-hydrogen) atoms. The number of aliphatic hydroxyl groups is 1. The van der Waals surface area contributed by atoms with Gasteiger partial charge in [0, 0.05) is 70.7 Å². The van der Waals surface area contributed by atoms with Gasteiger partial charge in [-0.05, 0) is 106 Å². The summed E-state index contributed by atoms with van der Waals surface area (Å²) >= 11 is 0. The van der Waals surface area contributed by atoms with Crippen LogP contribution >= 0.6 is 0 Å². The number of aliphatic hydroxyl groups excluding tert-OH is 1. The van der Waals surface area contributed by atoms with Crippen molar-refractivity contribution in [3.05, 3.63) is 71.0 Å². The number of rotatable bonds is 10. The molecule has 1 aromatic heterocycles. The minimum absolute atomic E-state index is 0.0715. The van der Waals surface area contributed by atoms with E-state index in [0.29, 0.717) is 41.1 Å². The molecule has 0 spiro atoms. The molecule has 0 saturated carbocycles. The summed E-state index contributed by atoms with van der Waals surface area (Å²) in [6.45, 7) is 7.68. The van der Waals surface area contributed by atoms with Gasteiger partial charge in [-0.3, -0.25) is 29.4 Å². The topological polar surface area (TPSA) is 201 Å². The zero-order valence-electron chi connectivity index (χ0n) is 34.7. The third-order valence-corrected chi connectivity index (χ3v) is 13.5. The number of carbonyl (C=O) groups excluding carboxylic acids is 5. The highest BCUT2D eigenvalue weighted by molar-refractivity contribution is 6.23. The Hall–Kier alpha value is -5.65. The molecule has 0 bridgehead atoms. The quantitative estimate of drug-likeness (QED) is 0.172. The fourth-order valence-electron chi connectivity index (χ4n) is 10.2. The number of nitrogens with two attached hydrogens (primary N) is 1. The van der Waals surface area contributed by atoms with E-state index in [1.165, 1.54) is 5.56 Å². The molecule has 3 aromatic rings. The Kier molecular flexibility index (Phi) is 11.4. The average molecular weight is 834 g/mol. The number of hydrogen-bond acceptors (Lipinski definition) is 13. The number of amides is 6. The number of aromatic nitrogens is 2. The second-order valence-electron chi connectivity index (χ2n) is 17.5. The van der Waals surface area contributed by atoms with E-state index < -0.39 is 35.9 Å². The molecule has 17 nitrogen and oxygen atoms in total. The van der Waals surface area contributed by atoms with Crippen LogP contribution in [-0.2, 0) is 9.59 Å². The molecular weight excluding hydrogens is 779 g/mol. The van der Waals surface area contributed by atoms with Crippen LogP contribution in [0.15, 0.2) is 48.7 Å². The van der Waals surface area contributed by atoms with E-state index in [-0.39, 0.29) is 30.6 Å². The molecule has 6 aliphatic rings. The Morgan fingerprint density at radius 3 is 2.34 bits per heavy atom. The predicted octanol–water partition coefficient (Wildman–Crippen LogP) is 3.00. The van der Waals surface area contributed by atoms with Crippen LogP contribution in [0.1, 0.15) is 95.5 Å². The summed E-state index contributed by atoms with van der Waals surface area (Å²) < 4.78 is 0. The van der Waals surface area contributed by atoms with Crippen molar-refractivity contribution in [2.75, 3.05) is 81.1 Å². The summed E-state index contributed by atoms with van der Waals surface area (Å²) in [4.78, 5) is 84.7. The van der Waals surface area contributed by atoms with Gasteiger partial charge in [0.25, 0.3) is 11.8 Å². The lowest BCUT2D eigenvalue weighted by atomic mass is 9.88. The van der Waals surface area contributed by atoms with Gasteiger partial charge in [0.1, 0.15) is 23.8 Å². The third kappa shape index (κ3) is 8.25. The Morgan fingerprint density at radius 1 is 0.852 bits per heavy atom. The van der Waals surface area contributed by atoms with E-state index in [9.17, 15) is 29.1 Å². The van der Waals surface area contributed by atoms with E-state index >= 15 is 0 Å². The minimum atomic E-state index is -1.30. The Bertz CT molecular complexity index is 2190. The second kappa shape index (κ2) is 17.0. The number of likely N-dealkylation sites (tertiary alicyclic amines) is 1. The number of hydrogen-bond donors (Lipinski definition) is 4. The van der Waals surface area contributed by atoms with Crippen molar-refractivity contribution in [2.24, 2.45) is 11.7 Å². The molecule has 2 unspecified atom stereocenters. The van der Waals surface area contributed by atoms with Crippen molar-refractivity contribution in [1.82, 2.24) is 34.9 Å². The zero-order chi connectivity index (χ0) is 42.4. The van der Waals surface area contributed by atoms with E-state index in [4.69, 9.17) is 10.7 Å². The predicted molar refractivity (Wildman–Crippen MR) is 227 cm³/mol. The van der Waals surface area contributed by atoms with E-state index in [0.717, 1.165) is 107 Å². The average Bonchev–Trinajstić information content (AvgIpc) is 3.73. The maximum absolute atomic E-state index is 13.4. The number of nitrogens with zero attached hydrogens (tertiary/aromatic N) is 8. The summed E-state index contributed by atoms with van der Waals surface area (Å²) in [5.41, 5.74) is 9.82. The Labute approximate surface area is 355 Å². The van der Waals surface area contributed by atoms with Crippen LogP contribution in [0.2, 0.25) is 0 Å². The number of piperidine rings is 4. The second-order valence-corrected chi connectivity index (χ2v) is 17.5. The van der Waals surface area contributed by atoms with Crippen molar-refractivity contribution in [2.45, 2.75) is 75.6 Å². The molecule has 6 aliphatic heterocycles. The van der Waals surface area contributed by atoms with E-state index in [2.05, 4.69) is 42.5 Å². The van der Waals surface area contributed by atoms with Gasteiger partial charge in [-0.15, -0.1) is 0 Å². The number of benzene rings is 2. The number of anilines is 4. The molecule has 0 aliphatic carbocycles. The molecule has 6 amide bonds. The number of nitrogens with one attached hydrogen (secondary N) is 2. The van der Waals surface area contributed by atoms with Gasteiger partial charge >= 0.3 is 6.03 Å². The first-order valence-electron chi connectivity index (χ1n) is 21.8. The first kappa shape index (κ1) is 40.7. The highest BCUT2D eigenvalue weighted by atomic mass is 16.3. The normalized spacial score (nSPS) is 24.7. The van der Waals surface area contributed by atoms with Gasteiger partial charge in [-0.2, -0.15) is 0 Å². The number of urea groups is 1. The van der Waals surface area contributed by atoms with E-state index in [1.54, 1.807) is 23.2 Å². The molecule has 5 fully saturated rings. The Balaban J connectivity index is 0.780. The molecular formula is C44H55N11O6. The Morgan fingerprint density at radius 2 is 1.61 bits per heavy atom.